The molecule has 2 aromatic carbocycles. The van der Waals surface area contributed by atoms with Gasteiger partial charge in [0.2, 0.25) is 5.95 Å². The Morgan fingerprint density at radius 2 is 1.93 bits per heavy atom. The van der Waals surface area contributed by atoms with Crippen molar-refractivity contribution in [3.8, 4) is 0 Å². The minimum Gasteiger partial charge on any atom is -0.457 e. The Hall–Kier alpha value is -4.01. The van der Waals surface area contributed by atoms with E-state index in [1.807, 2.05) is 30.3 Å². The van der Waals surface area contributed by atoms with E-state index in [2.05, 4.69) is 15.4 Å². The highest BCUT2D eigenvalue weighted by Gasteiger charge is 2.34. The average molecular weight is 391 g/mol. The third-order valence-electron chi connectivity index (χ3n) is 4.65. The molecule has 146 valence electrons. The molecule has 0 fully saturated rings. The second-order valence-corrected chi connectivity index (χ2v) is 6.50. The maximum absolute atomic E-state index is 13.0. The number of nitrogens with zero attached hydrogens (tertiary/aromatic N) is 4. The van der Waals surface area contributed by atoms with Gasteiger partial charge < -0.3 is 10.1 Å². The number of aromatic nitrogens is 3. The molecule has 9 heteroatoms. The zero-order chi connectivity index (χ0) is 20.4. The smallest absolute Gasteiger partial charge is 0.338 e. The van der Waals surface area contributed by atoms with Gasteiger partial charge in [-0.05, 0) is 30.2 Å². The number of carbonyl (C=O) groups excluding carboxylic acids is 1. The number of esters is 1. The Bertz CT molecular complexity index is 1090. The quantitative estimate of drug-likeness (QED) is 0.404. The molecule has 3 aromatic rings. The van der Waals surface area contributed by atoms with Crippen LogP contribution in [0.5, 0.6) is 0 Å². The number of rotatable bonds is 5. The van der Waals surface area contributed by atoms with E-state index < -0.39 is 16.9 Å². The van der Waals surface area contributed by atoms with Crippen LogP contribution in [-0.2, 0) is 16.1 Å². The van der Waals surface area contributed by atoms with Crippen molar-refractivity contribution in [3.63, 3.8) is 0 Å². The second kappa shape index (κ2) is 7.55. The van der Waals surface area contributed by atoms with Gasteiger partial charge in [-0.3, -0.25) is 10.1 Å². The Morgan fingerprint density at radius 3 is 2.62 bits per heavy atom. The monoisotopic (exact) mass is 391 g/mol. The predicted octanol–water partition coefficient (Wildman–Crippen LogP) is 3.22. The number of nitro groups is 1. The lowest BCUT2D eigenvalue weighted by Crippen LogP contribution is -2.29. The zero-order valence-electron chi connectivity index (χ0n) is 15.5. The van der Waals surface area contributed by atoms with Crippen LogP contribution < -0.4 is 5.32 Å². The lowest BCUT2D eigenvalue weighted by atomic mass is 9.95. The van der Waals surface area contributed by atoms with Crippen LogP contribution in [0, 0.1) is 10.1 Å². The molecule has 0 saturated carbocycles. The van der Waals surface area contributed by atoms with Gasteiger partial charge in [-0.25, -0.2) is 9.48 Å². The molecule has 1 N–H and O–H groups in total. The lowest BCUT2D eigenvalue weighted by molar-refractivity contribution is -0.384. The molecule has 1 aromatic heterocycles. The van der Waals surface area contributed by atoms with Gasteiger partial charge in [0.1, 0.15) is 19.0 Å². The third kappa shape index (κ3) is 3.57. The molecule has 9 nitrogen and oxygen atoms in total. The highest BCUT2D eigenvalue weighted by atomic mass is 16.6. The second-order valence-electron chi connectivity index (χ2n) is 6.50. The number of nitrogens with one attached hydrogen (secondary N) is 1. The summed E-state index contributed by atoms with van der Waals surface area (Å²) in [7, 11) is 0. The number of fused-ring (bicyclic) bond motifs is 1. The number of benzene rings is 2. The minimum absolute atomic E-state index is 0.0320. The van der Waals surface area contributed by atoms with E-state index in [0.717, 1.165) is 5.56 Å². The summed E-state index contributed by atoms with van der Waals surface area (Å²) in [6.07, 6.45) is 1.38. The molecule has 1 aliphatic rings. The first-order chi connectivity index (χ1) is 14.0. The lowest BCUT2D eigenvalue weighted by Gasteiger charge is -2.28. The summed E-state index contributed by atoms with van der Waals surface area (Å²) in [5.41, 5.74) is 2.46. The number of hydrogen-bond acceptors (Lipinski definition) is 7. The van der Waals surface area contributed by atoms with E-state index in [1.165, 1.54) is 18.5 Å². The van der Waals surface area contributed by atoms with Crippen LogP contribution in [0.2, 0.25) is 0 Å². The molecule has 29 heavy (non-hydrogen) atoms. The Kier molecular flexibility index (Phi) is 4.78. The fraction of sp³-hybridized carbons (Fsp3) is 0.150. The maximum Gasteiger partial charge on any atom is 0.338 e. The largest absolute Gasteiger partial charge is 0.457 e. The molecule has 0 spiro atoms. The highest BCUT2D eigenvalue weighted by Crippen LogP contribution is 2.35. The molecule has 0 radical (unpaired) electrons. The minimum atomic E-state index is -0.613. The molecular weight excluding hydrogens is 374 g/mol. The Balaban J connectivity index is 1.68. The van der Waals surface area contributed by atoms with Gasteiger partial charge in [0.25, 0.3) is 5.69 Å². The van der Waals surface area contributed by atoms with E-state index in [-0.39, 0.29) is 12.3 Å². The number of anilines is 1. The summed E-state index contributed by atoms with van der Waals surface area (Å²) >= 11 is 0. The number of hydrogen-bond donors (Lipinski definition) is 1. The van der Waals surface area contributed by atoms with Crippen LogP contribution >= 0.6 is 0 Å². The van der Waals surface area contributed by atoms with Gasteiger partial charge in [0, 0.05) is 17.8 Å². The number of carbonyl (C=O) groups is 1. The summed E-state index contributed by atoms with van der Waals surface area (Å²) in [4.78, 5) is 27.7. The summed E-state index contributed by atoms with van der Waals surface area (Å²) in [5, 5.41) is 18.3. The number of non-ortho nitro benzene ring substituents is 1. The SMILES string of the molecule is CC1=C(C(=O)OCc2ccccc2)[C@@H](c2ccc([N+](=O)[O-])cc2)n2ncnc2N1. The third-order valence-corrected chi connectivity index (χ3v) is 4.65. The summed E-state index contributed by atoms with van der Waals surface area (Å²) in [6, 6.07) is 14.8. The molecule has 0 amide bonds. The molecule has 4 rings (SSSR count). The highest BCUT2D eigenvalue weighted by molar-refractivity contribution is 5.92. The fourth-order valence-electron chi connectivity index (χ4n) is 3.24. The normalized spacial score (nSPS) is 15.4. The van der Waals surface area contributed by atoms with Gasteiger partial charge in [0.15, 0.2) is 0 Å². The van der Waals surface area contributed by atoms with Crippen molar-refractivity contribution < 1.29 is 14.5 Å². The molecule has 0 unspecified atom stereocenters. The van der Waals surface area contributed by atoms with Crippen LogP contribution in [0.15, 0.2) is 72.2 Å². The zero-order valence-corrected chi connectivity index (χ0v) is 15.5. The van der Waals surface area contributed by atoms with E-state index in [1.54, 1.807) is 23.7 Å². The van der Waals surface area contributed by atoms with Crippen molar-refractivity contribution in [3.05, 3.63) is 93.4 Å². The molecule has 0 saturated heterocycles. The average Bonchev–Trinajstić information content (AvgIpc) is 3.20. The van der Waals surface area contributed by atoms with Crippen LogP contribution in [0.1, 0.15) is 24.1 Å². The van der Waals surface area contributed by atoms with Gasteiger partial charge >= 0.3 is 5.97 Å². The standard InChI is InChI=1S/C20H17N5O4/c1-13-17(19(26)29-11-14-5-3-2-4-6-14)18(24-20(23-13)21-12-22-24)15-7-9-16(10-8-15)25(27)28/h2-10,12,18H,11H2,1H3,(H,21,22,23)/t18-/m1/s1. The number of allylic oxidation sites excluding steroid dienone is 1. The summed E-state index contributed by atoms with van der Waals surface area (Å²) in [6.45, 7) is 1.89. The Morgan fingerprint density at radius 1 is 1.21 bits per heavy atom. The van der Waals surface area contributed by atoms with E-state index in [0.29, 0.717) is 22.8 Å². The molecule has 1 aliphatic heterocycles. The van der Waals surface area contributed by atoms with Gasteiger partial charge in [-0.2, -0.15) is 10.1 Å². The van der Waals surface area contributed by atoms with Gasteiger partial charge in [-0.15, -0.1) is 0 Å². The Labute approximate surface area is 165 Å². The summed E-state index contributed by atoms with van der Waals surface area (Å²) < 4.78 is 7.10. The molecule has 0 bridgehead atoms. The van der Waals surface area contributed by atoms with Crippen LogP contribution in [-0.4, -0.2) is 25.7 Å². The van der Waals surface area contributed by atoms with Crippen molar-refractivity contribution in [1.82, 2.24) is 14.8 Å². The van der Waals surface area contributed by atoms with Gasteiger partial charge in [-0.1, -0.05) is 30.3 Å². The summed E-state index contributed by atoms with van der Waals surface area (Å²) in [5.74, 6) is -0.0196. The first-order valence-electron chi connectivity index (χ1n) is 8.87. The maximum atomic E-state index is 13.0. The van der Waals surface area contributed by atoms with E-state index in [9.17, 15) is 14.9 Å². The van der Waals surface area contributed by atoms with E-state index >= 15 is 0 Å². The molecule has 0 aliphatic carbocycles. The van der Waals surface area contributed by atoms with Crippen LogP contribution in [0.4, 0.5) is 11.6 Å². The topological polar surface area (TPSA) is 112 Å². The van der Waals surface area contributed by atoms with Crippen molar-refractivity contribution in [2.45, 2.75) is 19.6 Å². The first-order valence-corrected chi connectivity index (χ1v) is 8.87. The van der Waals surface area contributed by atoms with Gasteiger partial charge in [0.05, 0.1) is 10.5 Å². The van der Waals surface area contributed by atoms with Crippen molar-refractivity contribution >= 4 is 17.6 Å². The predicted molar refractivity (Wildman–Crippen MR) is 104 cm³/mol. The number of ether oxygens (including phenoxy) is 1. The van der Waals surface area contributed by atoms with Crippen molar-refractivity contribution in [2.24, 2.45) is 0 Å². The van der Waals surface area contributed by atoms with E-state index in [4.69, 9.17) is 4.74 Å². The van der Waals surface area contributed by atoms with Crippen LogP contribution in [0.3, 0.4) is 0 Å². The first kappa shape index (κ1) is 18.4. The number of nitro benzene ring substituents is 1. The molecule has 2 heterocycles. The van der Waals surface area contributed by atoms with Crippen molar-refractivity contribution in [2.75, 3.05) is 5.32 Å². The fourth-order valence-corrected chi connectivity index (χ4v) is 3.24. The van der Waals surface area contributed by atoms with Crippen LogP contribution in [0.25, 0.3) is 0 Å². The van der Waals surface area contributed by atoms with Crippen molar-refractivity contribution in [1.29, 1.82) is 0 Å². The molecular formula is C20H17N5O4. The molecule has 1 atom stereocenters.